The van der Waals surface area contributed by atoms with E-state index in [1.807, 2.05) is 56.3 Å². The van der Waals surface area contributed by atoms with Crippen LogP contribution in [0.5, 0.6) is 0 Å². The first-order valence-corrected chi connectivity index (χ1v) is 8.83. The van der Waals surface area contributed by atoms with E-state index in [9.17, 15) is 19.5 Å². The fraction of sp³-hybridized carbons (Fsp3) is 0.450. The lowest BCUT2D eigenvalue weighted by molar-refractivity contribution is -0.151. The number of imide groups is 1. The summed E-state index contributed by atoms with van der Waals surface area (Å²) in [6.45, 7) is 3.83. The summed E-state index contributed by atoms with van der Waals surface area (Å²) in [4.78, 5) is 38.6. The van der Waals surface area contributed by atoms with Gasteiger partial charge in [-0.25, -0.2) is 0 Å². The van der Waals surface area contributed by atoms with E-state index in [0.717, 1.165) is 10.5 Å². The summed E-state index contributed by atoms with van der Waals surface area (Å²) >= 11 is 0. The molecule has 0 bridgehead atoms. The Labute approximate surface area is 152 Å². The number of benzene rings is 1. The fourth-order valence-electron chi connectivity index (χ4n) is 4.25. The van der Waals surface area contributed by atoms with E-state index in [1.165, 1.54) is 7.05 Å². The minimum Gasteiger partial charge on any atom is -0.480 e. The summed E-state index contributed by atoms with van der Waals surface area (Å²) in [7, 11) is 1.43. The van der Waals surface area contributed by atoms with Gasteiger partial charge in [0.25, 0.3) is 0 Å². The summed E-state index contributed by atoms with van der Waals surface area (Å²) < 4.78 is 0. The Morgan fingerprint density at radius 3 is 2.50 bits per heavy atom. The molecule has 138 valence electrons. The zero-order valence-corrected chi connectivity index (χ0v) is 15.2. The molecule has 2 saturated heterocycles. The van der Waals surface area contributed by atoms with E-state index in [2.05, 4.69) is 5.32 Å². The second kappa shape index (κ2) is 6.68. The monoisotopic (exact) mass is 356 g/mol. The first-order chi connectivity index (χ1) is 12.3. The number of rotatable bonds is 5. The largest absolute Gasteiger partial charge is 0.480 e. The molecule has 1 aromatic rings. The van der Waals surface area contributed by atoms with Gasteiger partial charge in [-0.05, 0) is 17.9 Å². The van der Waals surface area contributed by atoms with E-state index in [1.54, 1.807) is 0 Å². The number of carbonyl (C=O) groups excluding carboxylic acids is 2. The molecule has 0 spiro atoms. The summed E-state index contributed by atoms with van der Waals surface area (Å²) in [5, 5.41) is 13.1. The molecular weight excluding hydrogens is 332 g/mol. The molecule has 26 heavy (non-hydrogen) atoms. The predicted molar refractivity (Wildman–Crippen MR) is 97.0 cm³/mol. The van der Waals surface area contributed by atoms with Gasteiger partial charge in [0.05, 0.1) is 11.8 Å². The van der Waals surface area contributed by atoms with Gasteiger partial charge in [-0.3, -0.25) is 24.6 Å². The maximum absolute atomic E-state index is 12.7. The highest BCUT2D eigenvalue weighted by Gasteiger charge is 2.67. The van der Waals surface area contributed by atoms with Crippen molar-refractivity contribution in [1.82, 2.24) is 10.2 Å². The van der Waals surface area contributed by atoms with Crippen molar-refractivity contribution in [3.63, 3.8) is 0 Å². The fourth-order valence-corrected chi connectivity index (χ4v) is 4.25. The Bertz CT molecular complexity index is 758. The highest BCUT2D eigenvalue weighted by atomic mass is 16.4. The van der Waals surface area contributed by atoms with E-state index < -0.39 is 35.3 Å². The van der Waals surface area contributed by atoms with Gasteiger partial charge in [0.2, 0.25) is 11.8 Å². The molecule has 4 atom stereocenters. The SMILES string of the molecule is CC(C)CC1(C(=O)O)NC(/C=C/c2ccccc2)C2C(=O)N(C)C(=O)C21. The second-order valence-electron chi connectivity index (χ2n) is 7.55. The number of carbonyl (C=O) groups is 3. The Balaban J connectivity index is 2.01. The third-order valence-electron chi connectivity index (χ3n) is 5.32. The van der Waals surface area contributed by atoms with Crippen LogP contribution < -0.4 is 5.32 Å². The summed E-state index contributed by atoms with van der Waals surface area (Å²) in [6, 6.07) is 9.07. The molecule has 4 unspecified atom stereocenters. The smallest absolute Gasteiger partial charge is 0.324 e. The summed E-state index contributed by atoms with van der Waals surface area (Å²) in [5.74, 6) is -3.32. The van der Waals surface area contributed by atoms with Gasteiger partial charge in [-0.1, -0.05) is 56.3 Å². The van der Waals surface area contributed by atoms with E-state index in [-0.39, 0.29) is 18.2 Å². The van der Waals surface area contributed by atoms with E-state index in [4.69, 9.17) is 0 Å². The maximum Gasteiger partial charge on any atom is 0.324 e. The quantitative estimate of drug-likeness (QED) is 0.785. The molecule has 6 nitrogen and oxygen atoms in total. The van der Waals surface area contributed by atoms with Crippen LogP contribution in [-0.4, -0.2) is 46.4 Å². The lowest BCUT2D eigenvalue weighted by Crippen LogP contribution is -2.57. The molecule has 1 aromatic carbocycles. The van der Waals surface area contributed by atoms with Crippen molar-refractivity contribution in [3.05, 3.63) is 42.0 Å². The molecule has 2 aliphatic heterocycles. The normalized spacial score (nSPS) is 31.2. The number of aliphatic carboxylic acids is 1. The third-order valence-corrected chi connectivity index (χ3v) is 5.32. The number of hydrogen-bond acceptors (Lipinski definition) is 4. The van der Waals surface area contributed by atoms with Crippen LogP contribution in [0.25, 0.3) is 6.08 Å². The number of nitrogens with zero attached hydrogens (tertiary/aromatic N) is 1. The number of amides is 2. The van der Waals surface area contributed by atoms with Gasteiger partial charge >= 0.3 is 5.97 Å². The zero-order valence-electron chi connectivity index (χ0n) is 15.2. The molecule has 0 aromatic heterocycles. The Kier molecular flexibility index (Phi) is 4.71. The first-order valence-electron chi connectivity index (χ1n) is 8.83. The standard InChI is InChI=1S/C20H24N2O4/c1-12(2)11-20(19(25)26)16-15(17(23)22(3)18(16)24)14(21-20)10-9-13-7-5-4-6-8-13/h4-10,12,14-16,21H,11H2,1-3H3,(H,25,26)/b10-9+. The van der Waals surface area contributed by atoms with Crippen molar-refractivity contribution in [2.45, 2.75) is 31.8 Å². The van der Waals surface area contributed by atoms with Gasteiger partial charge < -0.3 is 5.11 Å². The van der Waals surface area contributed by atoms with Crippen molar-refractivity contribution < 1.29 is 19.5 Å². The zero-order chi connectivity index (χ0) is 19.1. The molecule has 2 N–H and O–H groups in total. The number of fused-ring (bicyclic) bond motifs is 1. The van der Waals surface area contributed by atoms with Gasteiger partial charge in [0.15, 0.2) is 0 Å². The van der Waals surface area contributed by atoms with E-state index >= 15 is 0 Å². The minimum atomic E-state index is -1.43. The average molecular weight is 356 g/mol. The Morgan fingerprint density at radius 1 is 1.27 bits per heavy atom. The van der Waals surface area contributed by atoms with Gasteiger partial charge in [0, 0.05) is 13.1 Å². The van der Waals surface area contributed by atoms with Crippen LogP contribution in [-0.2, 0) is 14.4 Å². The molecule has 2 heterocycles. The lowest BCUT2D eigenvalue weighted by Gasteiger charge is -2.31. The number of carboxylic acid groups (broad SMARTS) is 1. The molecule has 0 aliphatic carbocycles. The van der Waals surface area contributed by atoms with Crippen LogP contribution >= 0.6 is 0 Å². The number of nitrogens with one attached hydrogen (secondary N) is 1. The second-order valence-corrected chi connectivity index (χ2v) is 7.55. The van der Waals surface area contributed by atoms with Crippen molar-refractivity contribution >= 4 is 23.9 Å². The topological polar surface area (TPSA) is 86.7 Å². The highest BCUT2D eigenvalue weighted by Crippen LogP contribution is 2.45. The van der Waals surface area contributed by atoms with Crippen LogP contribution in [0.3, 0.4) is 0 Å². The molecule has 2 amide bonds. The van der Waals surface area contributed by atoms with Crippen LogP contribution in [0, 0.1) is 17.8 Å². The van der Waals surface area contributed by atoms with Crippen LogP contribution in [0.1, 0.15) is 25.8 Å². The molecular formula is C20H24N2O4. The Morgan fingerprint density at radius 2 is 1.92 bits per heavy atom. The summed E-state index contributed by atoms with van der Waals surface area (Å²) in [6.07, 6.45) is 3.95. The van der Waals surface area contributed by atoms with Crippen molar-refractivity contribution in [3.8, 4) is 0 Å². The molecule has 6 heteroatoms. The number of likely N-dealkylation sites (tertiary alicyclic amines) is 1. The number of hydrogen-bond donors (Lipinski definition) is 2. The van der Waals surface area contributed by atoms with Crippen molar-refractivity contribution in [2.24, 2.45) is 17.8 Å². The Hall–Kier alpha value is -2.47. The van der Waals surface area contributed by atoms with Crippen LogP contribution in [0.15, 0.2) is 36.4 Å². The third kappa shape index (κ3) is 2.84. The minimum absolute atomic E-state index is 0.0601. The maximum atomic E-state index is 12.7. The van der Waals surface area contributed by atoms with Gasteiger partial charge in [-0.15, -0.1) is 0 Å². The first kappa shape index (κ1) is 18.3. The van der Waals surface area contributed by atoms with Gasteiger partial charge in [-0.2, -0.15) is 0 Å². The molecule has 0 saturated carbocycles. The average Bonchev–Trinajstić information content (AvgIpc) is 3.04. The molecule has 0 radical (unpaired) electrons. The van der Waals surface area contributed by atoms with Crippen LogP contribution in [0.2, 0.25) is 0 Å². The van der Waals surface area contributed by atoms with E-state index in [0.29, 0.717) is 0 Å². The van der Waals surface area contributed by atoms with Crippen molar-refractivity contribution in [1.29, 1.82) is 0 Å². The molecule has 2 aliphatic rings. The van der Waals surface area contributed by atoms with Gasteiger partial charge in [0.1, 0.15) is 5.54 Å². The predicted octanol–water partition coefficient (Wildman–Crippen LogP) is 1.77. The highest BCUT2D eigenvalue weighted by molar-refractivity contribution is 6.09. The summed E-state index contributed by atoms with van der Waals surface area (Å²) in [5.41, 5.74) is -0.477. The van der Waals surface area contributed by atoms with Crippen molar-refractivity contribution in [2.75, 3.05) is 7.05 Å². The number of carboxylic acids is 1. The molecule has 3 rings (SSSR count). The lowest BCUT2D eigenvalue weighted by atomic mass is 9.75. The molecule has 2 fully saturated rings. The van der Waals surface area contributed by atoms with Crippen LogP contribution in [0.4, 0.5) is 0 Å².